The van der Waals surface area contributed by atoms with E-state index >= 15 is 0 Å². The maximum atomic E-state index is 6.05. The smallest absolute Gasteiger partial charge is 0 e. The van der Waals surface area contributed by atoms with Gasteiger partial charge in [0, 0.05) is 30.5 Å². The van der Waals surface area contributed by atoms with Crippen molar-refractivity contribution in [2.24, 2.45) is 0 Å². The van der Waals surface area contributed by atoms with Crippen LogP contribution in [0.25, 0.3) is 104 Å². The van der Waals surface area contributed by atoms with Crippen molar-refractivity contribution in [3.05, 3.63) is 199 Å². The fourth-order valence-electron chi connectivity index (χ4n) is 9.64. The Hall–Kier alpha value is -6.48. The predicted octanol–water partition coefficient (Wildman–Crippen LogP) is 17.1. The molecule has 0 saturated heterocycles. The summed E-state index contributed by atoms with van der Waals surface area (Å²) in [5, 5.41) is 4.62. The molecule has 0 saturated carbocycles. The summed E-state index contributed by atoms with van der Waals surface area (Å²) in [4.78, 5) is 14.6. The number of rotatable bonds is 8. The van der Waals surface area contributed by atoms with Gasteiger partial charge in [0.05, 0.1) is 16.9 Å². The average molecular weight is 1180 g/mol. The largest absolute Gasteiger partial charge is 0 e. The number of nitrogens with zero attached hydrogens (tertiary/aromatic N) is 4. The average Bonchev–Trinajstić information content (AvgIpc) is 4.07. The molecule has 5 nitrogen and oxygen atoms in total. The molecule has 12 rings (SSSR count). The number of aryl methyl sites for hydroxylation is 1. The van der Waals surface area contributed by atoms with Crippen molar-refractivity contribution in [3.63, 3.8) is 0 Å². The Morgan fingerprint density at radius 1 is 0.592 bits per heavy atom. The quantitative estimate of drug-likeness (QED) is 0.112. The molecule has 353 valence electrons. The van der Waals surface area contributed by atoms with Crippen LogP contribution in [0.2, 0.25) is 17.3 Å². The van der Waals surface area contributed by atoms with Crippen molar-refractivity contribution in [1.29, 1.82) is 0 Å². The van der Waals surface area contributed by atoms with Gasteiger partial charge in [-0.3, -0.25) is 4.98 Å². The van der Waals surface area contributed by atoms with E-state index < -0.39 is 13.3 Å². The van der Waals surface area contributed by atoms with Gasteiger partial charge in [0.15, 0.2) is 0 Å². The van der Waals surface area contributed by atoms with Crippen LogP contribution in [0.5, 0.6) is 0 Å². The van der Waals surface area contributed by atoms with E-state index in [-0.39, 0.29) is 20.1 Å². The zero-order valence-corrected chi connectivity index (χ0v) is 46.6. The van der Waals surface area contributed by atoms with Gasteiger partial charge in [-0.05, 0) is 85.6 Å². The Kier molecular flexibility index (Phi) is 13.3. The Labute approximate surface area is 436 Å². The van der Waals surface area contributed by atoms with Crippen molar-refractivity contribution in [1.82, 2.24) is 19.5 Å². The Bertz CT molecular complexity index is 3860. The number of hydrogen-bond donors (Lipinski definition) is 0. The second-order valence-electron chi connectivity index (χ2n) is 19.9. The molecule has 0 fully saturated rings. The van der Waals surface area contributed by atoms with E-state index in [0.29, 0.717) is 17.5 Å². The van der Waals surface area contributed by atoms with Crippen LogP contribution in [0.4, 0.5) is 0 Å². The van der Waals surface area contributed by atoms with Crippen LogP contribution < -0.4 is 4.40 Å². The molecule has 0 aliphatic heterocycles. The first-order valence-electron chi connectivity index (χ1n) is 24.2. The van der Waals surface area contributed by atoms with Gasteiger partial charge in [0.25, 0.3) is 0 Å². The first-order valence-corrected chi connectivity index (χ1v) is 32.4. The van der Waals surface area contributed by atoms with E-state index in [1.54, 1.807) is 0 Å². The summed E-state index contributed by atoms with van der Waals surface area (Å²) in [6.07, 6.45) is 2.02. The summed E-state index contributed by atoms with van der Waals surface area (Å²) in [6.45, 7) is 11.2. The minimum absolute atomic E-state index is 0. The molecule has 12 aromatic rings. The Balaban J connectivity index is 0.000000196. The van der Waals surface area contributed by atoms with E-state index in [9.17, 15) is 0 Å². The number of imidazole rings is 1. The van der Waals surface area contributed by atoms with Crippen LogP contribution >= 0.6 is 11.3 Å². The number of thiophene rings is 1. The molecule has 0 aliphatic rings. The minimum atomic E-state index is -1.85. The van der Waals surface area contributed by atoms with E-state index in [1.165, 1.54) is 63.6 Å². The molecule has 0 amide bonds. The van der Waals surface area contributed by atoms with Gasteiger partial charge in [-0.15, -0.1) is 18.2 Å². The second kappa shape index (κ2) is 19.6. The third-order valence-corrected chi connectivity index (χ3v) is 18.8. The van der Waals surface area contributed by atoms with Gasteiger partial charge >= 0.3 is 144 Å². The number of pyridine rings is 2. The molecule has 0 aliphatic carbocycles. The van der Waals surface area contributed by atoms with E-state index in [0.717, 1.165) is 55.7 Å². The number of fused-ring (bicyclic) bond motifs is 7. The number of para-hydroxylation sites is 2. The van der Waals surface area contributed by atoms with Gasteiger partial charge in [0.1, 0.15) is 0 Å². The molecule has 1 radical (unpaired) electrons. The molecule has 0 N–H and O–H groups in total. The summed E-state index contributed by atoms with van der Waals surface area (Å²) < 4.78 is 12.4. The number of benzene rings is 7. The normalized spacial score (nSPS) is 11.8. The van der Waals surface area contributed by atoms with Crippen molar-refractivity contribution in [2.45, 2.75) is 63.7 Å². The van der Waals surface area contributed by atoms with Gasteiger partial charge in [-0.25, -0.2) is 0 Å². The van der Waals surface area contributed by atoms with Crippen molar-refractivity contribution < 1.29 is 24.5 Å². The zero-order valence-electron chi connectivity index (χ0n) is 41.3. The third-order valence-electron chi connectivity index (χ3n) is 13.4. The third kappa shape index (κ3) is 9.10. The molecule has 7 aromatic carbocycles. The summed E-state index contributed by atoms with van der Waals surface area (Å²) in [6, 6.07) is 65.2. The minimum Gasteiger partial charge on any atom is 0 e. The maximum absolute atomic E-state index is 6.05. The van der Waals surface area contributed by atoms with Crippen LogP contribution in [0.3, 0.4) is 0 Å². The molecule has 5 aromatic heterocycles. The standard InChI is InChI=1S/C43H35N2S.C20H19GeN2O.Ir/c1-27(2)36-24-32(30-16-9-6-10-17-30)25-37(28(3)4)41(36)45-39-21-12-11-20-38(39)44-43(45)35-19-13-18-34-33-23-22-31(26-40(33)46-42(34)35)29-14-7-5-8-15-29;1-13-8-10-16-15-6-5-7-17(19(15)24-20(16)23-13)18-11-9-14(12-22-18)21(2,3)4;/h5-18,20-28H,1-4H3;5-6,8-12H,1-4H3;/q2*-1;. The monoisotopic (exact) mass is 1180 g/mol. The fraction of sp³-hybridized carbons (Fsp3) is 0.159. The Morgan fingerprint density at radius 3 is 1.89 bits per heavy atom. The first-order chi connectivity index (χ1) is 33.9. The van der Waals surface area contributed by atoms with E-state index in [2.05, 4.69) is 217 Å². The van der Waals surface area contributed by atoms with E-state index in [4.69, 9.17) is 9.40 Å². The van der Waals surface area contributed by atoms with Crippen LogP contribution in [-0.4, -0.2) is 32.8 Å². The van der Waals surface area contributed by atoms with Crippen LogP contribution in [0.1, 0.15) is 56.4 Å². The zero-order chi connectivity index (χ0) is 48.3. The SMILES string of the molecule is CC(C)c1cc(-c2ccccc2)cc(C(C)C)c1-n1c(-c2[c-]ccc3c2sc2cc(-c4ccccc4)ccc23)nc2ccccc21.Cc1ccc2c(n1)oc1c(-c3cc[c]([Ge]([CH3])([CH3])[CH3])cn3)[c-]ccc12.[Ir]. The first kappa shape index (κ1) is 48.2. The van der Waals surface area contributed by atoms with E-state index in [1.807, 2.05) is 42.7 Å². The number of furan rings is 1. The molecule has 0 spiro atoms. The van der Waals surface area contributed by atoms with Crippen LogP contribution in [-0.2, 0) is 20.1 Å². The molecular weight excluding hydrogens is 1130 g/mol. The van der Waals surface area contributed by atoms with Gasteiger partial charge in [-0.2, -0.15) is 11.3 Å². The van der Waals surface area contributed by atoms with Crippen LogP contribution in [0, 0.1) is 19.1 Å². The summed E-state index contributed by atoms with van der Waals surface area (Å²) in [5.74, 6) is 8.68. The topological polar surface area (TPSA) is 56.7 Å². The maximum Gasteiger partial charge on any atom is 0 e. The second-order valence-corrected chi connectivity index (χ2v) is 31.6. The molecule has 0 atom stereocenters. The van der Waals surface area contributed by atoms with Crippen molar-refractivity contribution in [3.8, 4) is 50.6 Å². The van der Waals surface area contributed by atoms with Crippen molar-refractivity contribution >= 4 is 82.3 Å². The number of aromatic nitrogens is 4. The molecule has 0 unspecified atom stereocenters. The van der Waals surface area contributed by atoms with Gasteiger partial charge in [0.2, 0.25) is 0 Å². The fourth-order valence-corrected chi connectivity index (χ4v) is 13.0. The number of hydrogen-bond acceptors (Lipinski definition) is 5. The van der Waals surface area contributed by atoms with Gasteiger partial charge < -0.3 is 4.57 Å². The summed E-state index contributed by atoms with van der Waals surface area (Å²) in [7, 11) is 0. The van der Waals surface area contributed by atoms with Gasteiger partial charge in [-0.1, -0.05) is 124 Å². The summed E-state index contributed by atoms with van der Waals surface area (Å²) >= 11 is -0.0101. The van der Waals surface area contributed by atoms with Crippen LogP contribution in [0.15, 0.2) is 174 Å². The molecule has 0 bridgehead atoms. The molecule has 71 heavy (non-hydrogen) atoms. The molecular formula is C63H54GeIrN4OS-2. The predicted molar refractivity (Wildman–Crippen MR) is 299 cm³/mol. The molecule has 5 heterocycles. The molecule has 8 heteroatoms. The van der Waals surface area contributed by atoms with Crippen molar-refractivity contribution in [2.75, 3.05) is 0 Å². The Morgan fingerprint density at radius 2 is 1.23 bits per heavy atom. The summed E-state index contributed by atoms with van der Waals surface area (Å²) in [5.41, 5.74) is 16.2.